The molecule has 0 aliphatic heterocycles. The molecule has 1 fully saturated rings. The summed E-state index contributed by atoms with van der Waals surface area (Å²) >= 11 is 7.08. The normalized spacial score (nSPS) is 26.3. The van der Waals surface area contributed by atoms with E-state index in [1.165, 1.54) is 6.42 Å². The van der Waals surface area contributed by atoms with Gasteiger partial charge in [-0.25, -0.2) is 0 Å². The largest absolute Gasteiger partial charge is 0.392 e. The van der Waals surface area contributed by atoms with Gasteiger partial charge in [0.1, 0.15) is 4.32 Å². The van der Waals surface area contributed by atoms with E-state index in [-0.39, 0.29) is 6.10 Å². The Labute approximate surface area is 102 Å². The lowest BCUT2D eigenvalue weighted by molar-refractivity contribution is 0.137. The Hall–Kier alpha value is 0.200. The predicted octanol–water partition coefficient (Wildman–Crippen LogP) is 2.65. The summed E-state index contributed by atoms with van der Waals surface area (Å²) in [5, 5.41) is 10.2. The third-order valence-corrected chi connectivity index (χ3v) is 4.80. The molecule has 88 valence electrons. The molecule has 1 aliphatic rings. The maximum absolute atomic E-state index is 9.85. The van der Waals surface area contributed by atoms with Crippen LogP contribution in [-0.4, -0.2) is 38.8 Å². The van der Waals surface area contributed by atoms with Gasteiger partial charge in [-0.2, -0.15) is 0 Å². The summed E-state index contributed by atoms with van der Waals surface area (Å²) in [6, 6.07) is 0. The second-order valence-electron chi connectivity index (χ2n) is 3.95. The summed E-state index contributed by atoms with van der Waals surface area (Å²) in [5.41, 5.74) is 0. The second-order valence-corrected chi connectivity index (χ2v) is 5.82. The van der Waals surface area contributed by atoms with Gasteiger partial charge in [0.05, 0.1) is 6.10 Å². The predicted molar refractivity (Wildman–Crippen MR) is 71.4 cm³/mol. The minimum absolute atomic E-state index is 0.155. The zero-order valence-electron chi connectivity index (χ0n) is 9.61. The fraction of sp³-hybridized carbons (Fsp3) is 0.909. The fourth-order valence-electron chi connectivity index (χ4n) is 1.90. The molecule has 0 spiro atoms. The van der Waals surface area contributed by atoms with Gasteiger partial charge in [-0.05, 0) is 26.7 Å². The monoisotopic (exact) mass is 247 g/mol. The van der Waals surface area contributed by atoms with Gasteiger partial charge in [0, 0.05) is 18.3 Å². The van der Waals surface area contributed by atoms with Gasteiger partial charge in [-0.1, -0.05) is 36.8 Å². The van der Waals surface area contributed by atoms with Crippen molar-refractivity contribution in [3.05, 3.63) is 0 Å². The van der Waals surface area contributed by atoms with Gasteiger partial charge in [0.2, 0.25) is 0 Å². The van der Waals surface area contributed by atoms with Gasteiger partial charge in [-0.3, -0.25) is 0 Å². The Morgan fingerprint density at radius 2 is 1.93 bits per heavy atom. The maximum Gasteiger partial charge on any atom is 0.136 e. The van der Waals surface area contributed by atoms with Crippen molar-refractivity contribution in [2.24, 2.45) is 0 Å². The van der Waals surface area contributed by atoms with Gasteiger partial charge in [0.25, 0.3) is 0 Å². The lowest BCUT2D eigenvalue weighted by Gasteiger charge is -2.30. The van der Waals surface area contributed by atoms with Gasteiger partial charge in [0.15, 0.2) is 0 Å². The Balaban J connectivity index is 2.41. The van der Waals surface area contributed by atoms with Crippen LogP contribution in [0.2, 0.25) is 0 Å². The van der Waals surface area contributed by atoms with Crippen LogP contribution in [-0.2, 0) is 0 Å². The smallest absolute Gasteiger partial charge is 0.136 e. The van der Waals surface area contributed by atoms with Crippen LogP contribution in [0.5, 0.6) is 0 Å². The van der Waals surface area contributed by atoms with Crippen molar-refractivity contribution in [3.8, 4) is 0 Å². The lowest BCUT2D eigenvalue weighted by Crippen LogP contribution is -2.33. The van der Waals surface area contributed by atoms with Crippen molar-refractivity contribution >= 4 is 28.3 Å². The summed E-state index contributed by atoms with van der Waals surface area (Å²) in [5.74, 6) is 0. The molecule has 0 aromatic rings. The molecule has 2 atom stereocenters. The molecule has 1 saturated carbocycles. The van der Waals surface area contributed by atoms with Crippen molar-refractivity contribution in [2.75, 3.05) is 13.1 Å². The molecule has 0 saturated heterocycles. The van der Waals surface area contributed by atoms with Crippen molar-refractivity contribution in [3.63, 3.8) is 0 Å². The first-order chi connectivity index (χ1) is 7.19. The highest BCUT2D eigenvalue weighted by Gasteiger charge is 2.25. The molecule has 4 heteroatoms. The number of aliphatic hydroxyl groups is 1. The first-order valence-corrected chi connectivity index (χ1v) is 7.11. The van der Waals surface area contributed by atoms with E-state index in [1.807, 2.05) is 0 Å². The number of hydrogen-bond acceptors (Lipinski definition) is 3. The highest BCUT2D eigenvalue weighted by molar-refractivity contribution is 8.23. The molecule has 0 heterocycles. The minimum Gasteiger partial charge on any atom is -0.392 e. The molecule has 0 bridgehead atoms. The summed E-state index contributed by atoms with van der Waals surface area (Å²) < 4.78 is 0.950. The third-order valence-electron chi connectivity index (χ3n) is 2.94. The standard InChI is InChI=1S/C11H21NOS2/c1-3-12(4-2)11(14)15-10-8-6-5-7-9(10)13/h9-10,13H,3-8H2,1-2H3/t9-,10-/m0/s1. The molecule has 15 heavy (non-hydrogen) atoms. The number of hydrogen-bond donors (Lipinski definition) is 1. The first-order valence-electron chi connectivity index (χ1n) is 5.82. The molecule has 1 N–H and O–H groups in total. The molecule has 2 nitrogen and oxygen atoms in total. The number of rotatable bonds is 3. The minimum atomic E-state index is -0.155. The first kappa shape index (κ1) is 13.3. The summed E-state index contributed by atoms with van der Waals surface area (Å²) in [6.45, 7) is 6.16. The van der Waals surface area contributed by atoms with E-state index in [0.717, 1.165) is 36.7 Å². The average molecular weight is 247 g/mol. The highest BCUT2D eigenvalue weighted by Crippen LogP contribution is 2.30. The van der Waals surface area contributed by atoms with Crippen LogP contribution in [0.3, 0.4) is 0 Å². The van der Waals surface area contributed by atoms with E-state index in [0.29, 0.717) is 5.25 Å². The molecule has 0 radical (unpaired) electrons. The van der Waals surface area contributed by atoms with Gasteiger partial charge < -0.3 is 10.0 Å². The fourth-order valence-corrected chi connectivity index (χ4v) is 3.77. The Kier molecular flexibility index (Phi) is 5.94. The Bertz CT molecular complexity index is 207. The Morgan fingerprint density at radius 1 is 1.33 bits per heavy atom. The van der Waals surface area contributed by atoms with Crippen molar-refractivity contribution in [1.29, 1.82) is 0 Å². The van der Waals surface area contributed by atoms with Crippen molar-refractivity contribution in [2.45, 2.75) is 50.9 Å². The Morgan fingerprint density at radius 3 is 2.47 bits per heavy atom. The summed E-state index contributed by atoms with van der Waals surface area (Å²) in [7, 11) is 0. The number of thiocarbonyl (C=S) groups is 1. The summed E-state index contributed by atoms with van der Waals surface area (Å²) in [4.78, 5) is 2.18. The highest BCUT2D eigenvalue weighted by atomic mass is 32.2. The topological polar surface area (TPSA) is 23.5 Å². The van der Waals surface area contributed by atoms with E-state index in [2.05, 4.69) is 18.7 Å². The van der Waals surface area contributed by atoms with E-state index >= 15 is 0 Å². The zero-order valence-corrected chi connectivity index (χ0v) is 11.2. The van der Waals surface area contributed by atoms with Crippen LogP contribution in [0.1, 0.15) is 39.5 Å². The average Bonchev–Trinajstić information content (AvgIpc) is 2.23. The van der Waals surface area contributed by atoms with Crippen LogP contribution in [0.4, 0.5) is 0 Å². The van der Waals surface area contributed by atoms with Crippen LogP contribution < -0.4 is 0 Å². The zero-order chi connectivity index (χ0) is 11.3. The van der Waals surface area contributed by atoms with E-state index in [4.69, 9.17) is 12.2 Å². The third kappa shape index (κ3) is 3.93. The van der Waals surface area contributed by atoms with Crippen molar-refractivity contribution in [1.82, 2.24) is 4.90 Å². The molecular weight excluding hydrogens is 226 g/mol. The van der Waals surface area contributed by atoms with Crippen molar-refractivity contribution < 1.29 is 5.11 Å². The van der Waals surface area contributed by atoms with Crippen LogP contribution in [0.25, 0.3) is 0 Å². The van der Waals surface area contributed by atoms with E-state index in [1.54, 1.807) is 11.8 Å². The second kappa shape index (κ2) is 6.71. The molecule has 0 aromatic carbocycles. The summed E-state index contributed by atoms with van der Waals surface area (Å²) in [6.07, 6.45) is 4.29. The number of nitrogens with zero attached hydrogens (tertiary/aromatic N) is 1. The van der Waals surface area contributed by atoms with Crippen LogP contribution in [0.15, 0.2) is 0 Å². The van der Waals surface area contributed by atoms with Crippen LogP contribution >= 0.6 is 24.0 Å². The molecule has 1 aliphatic carbocycles. The van der Waals surface area contributed by atoms with Gasteiger partial charge in [-0.15, -0.1) is 0 Å². The quantitative estimate of drug-likeness (QED) is 0.775. The SMILES string of the molecule is CCN(CC)C(=S)S[C@H]1CCCC[C@@H]1O. The number of thioether (sulfide) groups is 1. The lowest BCUT2D eigenvalue weighted by atomic mass is 9.97. The van der Waals surface area contributed by atoms with Crippen LogP contribution in [0, 0.1) is 0 Å². The molecular formula is C11H21NOS2. The van der Waals surface area contributed by atoms with Gasteiger partial charge >= 0.3 is 0 Å². The number of aliphatic hydroxyl groups excluding tert-OH is 1. The molecule has 0 unspecified atom stereocenters. The molecule has 1 rings (SSSR count). The van der Waals surface area contributed by atoms with E-state index < -0.39 is 0 Å². The molecule has 0 aromatic heterocycles. The van der Waals surface area contributed by atoms with E-state index in [9.17, 15) is 5.11 Å². The molecule has 0 amide bonds. The maximum atomic E-state index is 9.85.